The van der Waals surface area contributed by atoms with E-state index < -0.39 is 7.82 Å². The molecule has 0 radical (unpaired) electrons. The maximum absolute atomic E-state index is 13.7. The molecule has 0 amide bonds. The Bertz CT molecular complexity index is 1650. The van der Waals surface area contributed by atoms with Crippen LogP contribution in [0.3, 0.4) is 0 Å². The van der Waals surface area contributed by atoms with Gasteiger partial charge in [0.1, 0.15) is 11.5 Å². The molecule has 4 aliphatic carbocycles. The van der Waals surface area contributed by atoms with Crippen molar-refractivity contribution in [3.8, 4) is 0 Å². The van der Waals surface area contributed by atoms with E-state index in [9.17, 15) is 9.46 Å². The van der Waals surface area contributed by atoms with Crippen LogP contribution >= 0.6 is 7.82 Å². The summed E-state index contributed by atoms with van der Waals surface area (Å²) in [6.07, 6.45) is 7.80. The molecule has 0 unspecified atom stereocenters. The van der Waals surface area contributed by atoms with Gasteiger partial charge in [0.25, 0.3) is 0 Å². The van der Waals surface area contributed by atoms with Gasteiger partial charge in [-0.25, -0.2) is 4.57 Å². The van der Waals surface area contributed by atoms with Crippen LogP contribution in [0.15, 0.2) is 97.1 Å². The largest absolute Gasteiger partial charge is 1.00 e. The van der Waals surface area contributed by atoms with Crippen LogP contribution in [0.25, 0.3) is 23.7 Å². The maximum Gasteiger partial charge on any atom is 1.00 e. The van der Waals surface area contributed by atoms with Gasteiger partial charge < -0.3 is 13.9 Å². The standard InChI is InChI=1S/C34H27O4P.Na/c35-39(36,37-31-21-23-9-1-5-13-27(23)33(17-18-33)29-15-7-3-11-25(29)31)38-32-22-24-10-2-6-14-28(24)34(19-20-34)30-16-8-4-12-26(30)32;/h1-16,21-22H,17-20H2,(H,35,36);/q;+1/p-1. The average Bonchev–Trinajstić information content (AvgIpc) is 3.88. The van der Waals surface area contributed by atoms with E-state index in [4.69, 9.17) is 9.05 Å². The third-order valence-corrected chi connectivity index (χ3v) is 9.70. The molecule has 0 atom stereocenters. The first-order valence-corrected chi connectivity index (χ1v) is 15.0. The fourth-order valence-corrected chi connectivity index (χ4v) is 7.64. The van der Waals surface area contributed by atoms with E-state index in [0.29, 0.717) is 11.5 Å². The maximum atomic E-state index is 13.7. The fourth-order valence-electron chi connectivity index (χ4n) is 6.81. The van der Waals surface area contributed by atoms with Crippen LogP contribution in [0.4, 0.5) is 0 Å². The number of hydrogen-bond donors (Lipinski definition) is 0. The van der Waals surface area contributed by atoms with Gasteiger partial charge in [-0.05, 0) is 71.2 Å². The Morgan fingerprint density at radius 1 is 0.550 bits per heavy atom. The molecule has 4 nitrogen and oxygen atoms in total. The molecule has 2 fully saturated rings. The molecule has 8 rings (SSSR count). The second-order valence-electron chi connectivity index (χ2n) is 11.1. The van der Waals surface area contributed by atoms with Crippen LogP contribution < -0.4 is 34.5 Å². The zero-order valence-electron chi connectivity index (χ0n) is 22.3. The minimum atomic E-state index is -4.83. The zero-order valence-corrected chi connectivity index (χ0v) is 25.2. The van der Waals surface area contributed by atoms with Crippen molar-refractivity contribution in [1.29, 1.82) is 0 Å². The summed E-state index contributed by atoms with van der Waals surface area (Å²) < 4.78 is 25.4. The summed E-state index contributed by atoms with van der Waals surface area (Å²) in [6, 6.07) is 32.3. The smallest absolute Gasteiger partial charge is 0.736 e. The third kappa shape index (κ3) is 4.01. The van der Waals surface area contributed by atoms with Crippen molar-refractivity contribution >= 4 is 31.5 Å². The van der Waals surface area contributed by atoms with Crippen molar-refractivity contribution in [3.05, 3.63) is 142 Å². The van der Waals surface area contributed by atoms with Crippen LogP contribution in [0.2, 0.25) is 0 Å². The number of benzene rings is 4. The van der Waals surface area contributed by atoms with Crippen molar-refractivity contribution in [2.45, 2.75) is 36.5 Å². The van der Waals surface area contributed by atoms with E-state index in [1.54, 1.807) is 0 Å². The first-order valence-electron chi connectivity index (χ1n) is 13.5. The summed E-state index contributed by atoms with van der Waals surface area (Å²) in [4.78, 5) is 13.7. The quantitative estimate of drug-likeness (QED) is 0.273. The summed E-state index contributed by atoms with van der Waals surface area (Å²) in [6.45, 7) is 0. The number of rotatable bonds is 4. The van der Waals surface area contributed by atoms with Gasteiger partial charge in [-0.2, -0.15) is 0 Å². The summed E-state index contributed by atoms with van der Waals surface area (Å²) in [5.41, 5.74) is 7.96. The molecule has 0 aliphatic heterocycles. The Morgan fingerprint density at radius 3 is 1.30 bits per heavy atom. The number of hydrogen-bond acceptors (Lipinski definition) is 4. The van der Waals surface area contributed by atoms with E-state index in [2.05, 4.69) is 24.3 Å². The molecule has 40 heavy (non-hydrogen) atoms. The molecule has 0 aromatic heterocycles. The first kappa shape index (κ1) is 26.1. The molecule has 4 aromatic rings. The molecule has 6 heteroatoms. The number of phosphoric ester groups is 1. The van der Waals surface area contributed by atoms with Gasteiger partial charge in [-0.1, -0.05) is 97.1 Å². The Kier molecular flexibility index (Phi) is 6.09. The van der Waals surface area contributed by atoms with Gasteiger partial charge in [0.15, 0.2) is 0 Å². The van der Waals surface area contributed by atoms with Gasteiger partial charge >= 0.3 is 37.4 Å². The van der Waals surface area contributed by atoms with Gasteiger partial charge in [0.05, 0.1) is 0 Å². The molecule has 0 N–H and O–H groups in total. The van der Waals surface area contributed by atoms with E-state index >= 15 is 0 Å². The van der Waals surface area contributed by atoms with Crippen LogP contribution in [-0.2, 0) is 24.4 Å². The molecule has 0 heterocycles. The summed E-state index contributed by atoms with van der Waals surface area (Å²) in [7, 11) is -4.83. The normalized spacial score (nSPS) is 18.3. The summed E-state index contributed by atoms with van der Waals surface area (Å²) in [5, 5.41) is 0. The monoisotopic (exact) mass is 552 g/mol. The second kappa shape index (κ2) is 9.34. The molecule has 0 bridgehead atoms. The molecular formula is C34H26NaO4P. The Morgan fingerprint density at radius 2 is 0.900 bits per heavy atom. The van der Waals surface area contributed by atoms with E-state index in [-0.39, 0.29) is 40.4 Å². The van der Waals surface area contributed by atoms with Crippen molar-refractivity contribution in [2.75, 3.05) is 0 Å². The van der Waals surface area contributed by atoms with Gasteiger partial charge in [0, 0.05) is 22.0 Å². The van der Waals surface area contributed by atoms with Gasteiger partial charge in [-0.3, -0.25) is 0 Å². The van der Waals surface area contributed by atoms with E-state index in [1.807, 2.05) is 84.9 Å². The molecule has 4 aromatic carbocycles. The number of phosphoric acid groups is 1. The molecule has 2 spiro atoms. The third-order valence-electron chi connectivity index (χ3n) is 8.86. The van der Waals surface area contributed by atoms with Crippen molar-refractivity contribution < 1.29 is 48.1 Å². The Balaban J connectivity index is 0.00000264. The van der Waals surface area contributed by atoms with E-state index in [1.165, 1.54) is 11.1 Å². The van der Waals surface area contributed by atoms with Gasteiger partial charge in [-0.15, -0.1) is 0 Å². The number of fused-ring (bicyclic) bond motifs is 8. The van der Waals surface area contributed by atoms with Crippen LogP contribution in [0, 0.1) is 0 Å². The summed E-state index contributed by atoms with van der Waals surface area (Å²) >= 11 is 0. The predicted molar refractivity (Wildman–Crippen MR) is 151 cm³/mol. The molecular weight excluding hydrogens is 526 g/mol. The van der Waals surface area contributed by atoms with Crippen LogP contribution in [0.1, 0.15) is 70.2 Å². The SMILES string of the molecule is O=P([O-])(OC1=Cc2ccccc2C2(CC2)c2ccccc21)OC1=Cc2ccccc2C2(CC2)c2ccccc21.[Na+]. The zero-order chi connectivity index (χ0) is 26.2. The second-order valence-corrected chi connectivity index (χ2v) is 12.3. The minimum absolute atomic E-state index is 0. The first-order chi connectivity index (χ1) is 19.0. The van der Waals surface area contributed by atoms with E-state index in [0.717, 1.165) is 59.1 Å². The molecule has 192 valence electrons. The Hall–Kier alpha value is -2.85. The average molecular weight is 553 g/mol. The molecule has 0 saturated heterocycles. The van der Waals surface area contributed by atoms with Gasteiger partial charge in [0.2, 0.25) is 0 Å². The Labute approximate surface area is 256 Å². The van der Waals surface area contributed by atoms with Crippen LogP contribution in [0.5, 0.6) is 0 Å². The topological polar surface area (TPSA) is 58.6 Å². The van der Waals surface area contributed by atoms with Crippen LogP contribution in [-0.4, -0.2) is 0 Å². The van der Waals surface area contributed by atoms with Crippen molar-refractivity contribution in [3.63, 3.8) is 0 Å². The molecule has 4 aliphatic rings. The fraction of sp³-hybridized carbons (Fsp3) is 0.176. The predicted octanol–water partition coefficient (Wildman–Crippen LogP) is 4.68. The van der Waals surface area contributed by atoms with Crippen molar-refractivity contribution in [2.24, 2.45) is 0 Å². The minimum Gasteiger partial charge on any atom is -0.736 e. The molecule has 2 saturated carbocycles. The summed E-state index contributed by atoms with van der Waals surface area (Å²) in [5.74, 6) is 0.587. The van der Waals surface area contributed by atoms with Crippen molar-refractivity contribution in [1.82, 2.24) is 0 Å².